The van der Waals surface area contributed by atoms with Gasteiger partial charge < -0.3 is 15.5 Å². The molecule has 47 heavy (non-hydrogen) atoms. The number of aromatic hydroxyl groups is 2. The third-order valence-electron chi connectivity index (χ3n) is 9.25. The Morgan fingerprint density at radius 1 is 0.809 bits per heavy atom. The topological polar surface area (TPSA) is 86.0 Å². The van der Waals surface area contributed by atoms with Gasteiger partial charge in [-0.15, -0.1) is 0 Å². The molecule has 7 heteroatoms. The number of phenolic OH excluding ortho intramolecular Hbond substituents is 2. The third kappa shape index (κ3) is 9.79. The summed E-state index contributed by atoms with van der Waals surface area (Å²) in [6, 6.07) is 8.46. The molecule has 2 aromatic carbocycles. The summed E-state index contributed by atoms with van der Waals surface area (Å²) in [5.41, 5.74) is 5.29. The molecule has 4 rings (SSSR count). The smallest absolute Gasteiger partial charge is 0.243 e. The lowest BCUT2D eigenvalue weighted by atomic mass is 9.79. The molecule has 0 radical (unpaired) electrons. The maximum atomic E-state index is 11.4. The number of benzene rings is 2. The number of rotatable bonds is 10. The van der Waals surface area contributed by atoms with Gasteiger partial charge >= 0.3 is 0 Å². The first kappa shape index (κ1) is 36.4. The minimum Gasteiger partial charge on any atom is -0.507 e. The van der Waals surface area contributed by atoms with Gasteiger partial charge in [0.25, 0.3) is 0 Å². The van der Waals surface area contributed by atoms with E-state index in [4.69, 9.17) is 9.98 Å². The van der Waals surface area contributed by atoms with E-state index in [9.17, 15) is 10.2 Å². The molecule has 0 aliphatic heterocycles. The number of aliphatic imine (C=N–C) groups is 2. The standard InChI is InChI=1S/C40H59N5O2/c1-38(2,3)31-22-30(37(47)33(23-31)40(7,8)9)26-43-35-15-12-11-14-34(35)42-25-29-20-28(21-32(36(29)46)39(4,5)6)24-41-16-13-17-45-19-18-44(10)27-45/h18-23,25-27,34-35,41H,11-17,24H2,1-10H3,(H-,42,43,46,47)/p+1/t34-,35-/m0/s1. The fraction of sp³-hybridized carbons (Fsp3) is 0.575. The van der Waals surface area contributed by atoms with Crippen molar-refractivity contribution < 1.29 is 14.8 Å². The molecule has 1 aliphatic rings. The van der Waals surface area contributed by atoms with Crippen molar-refractivity contribution in [3.63, 3.8) is 0 Å². The molecule has 1 heterocycles. The molecular weight excluding hydrogens is 582 g/mol. The number of aromatic nitrogens is 2. The minimum atomic E-state index is -0.209. The molecular formula is C40H60N5O2+. The summed E-state index contributed by atoms with van der Waals surface area (Å²) in [6.07, 6.45) is 15.2. The monoisotopic (exact) mass is 642 g/mol. The summed E-state index contributed by atoms with van der Waals surface area (Å²) >= 11 is 0. The first-order valence-electron chi connectivity index (χ1n) is 17.5. The maximum absolute atomic E-state index is 11.4. The molecule has 0 amide bonds. The van der Waals surface area contributed by atoms with Crippen LogP contribution in [0.25, 0.3) is 0 Å². The van der Waals surface area contributed by atoms with Crippen LogP contribution >= 0.6 is 0 Å². The van der Waals surface area contributed by atoms with E-state index in [1.54, 1.807) is 0 Å². The van der Waals surface area contributed by atoms with E-state index in [1.807, 2.05) is 19.5 Å². The van der Waals surface area contributed by atoms with Crippen LogP contribution in [0.15, 0.2) is 53.0 Å². The SMILES string of the molecule is C[n+]1ccn(CCCNCc2cc(C=N[C@H]3CCCC[C@@H]3N=Cc3cc(C(C)(C)C)cc(C(C)(C)C)c3O)c(O)c(C(C)(C)C)c2)c1. The number of nitrogens with one attached hydrogen (secondary N) is 1. The second-order valence-corrected chi connectivity index (χ2v) is 16.6. The average Bonchev–Trinajstić information content (AvgIpc) is 3.39. The Labute approximate surface area is 283 Å². The van der Waals surface area contributed by atoms with E-state index < -0.39 is 0 Å². The number of aryl methyl sites for hydroxylation is 2. The quantitative estimate of drug-likeness (QED) is 0.121. The Hall–Kier alpha value is -3.45. The Morgan fingerprint density at radius 3 is 1.87 bits per heavy atom. The first-order valence-corrected chi connectivity index (χ1v) is 17.5. The van der Waals surface area contributed by atoms with Gasteiger partial charge in [0, 0.05) is 41.2 Å². The lowest BCUT2D eigenvalue weighted by Crippen LogP contribution is -2.27. The Kier molecular flexibility index (Phi) is 11.4. The number of phenols is 2. The van der Waals surface area contributed by atoms with Crippen LogP contribution in [0.1, 0.15) is 128 Å². The van der Waals surface area contributed by atoms with Crippen LogP contribution in [-0.2, 0) is 36.4 Å². The van der Waals surface area contributed by atoms with Crippen LogP contribution in [0, 0.1) is 0 Å². The normalized spacial score (nSPS) is 18.1. The molecule has 7 nitrogen and oxygen atoms in total. The molecule has 3 aromatic rings. The van der Waals surface area contributed by atoms with Crippen LogP contribution in [0.5, 0.6) is 11.5 Å². The van der Waals surface area contributed by atoms with Gasteiger partial charge in [-0.05, 0) is 65.3 Å². The van der Waals surface area contributed by atoms with Crippen molar-refractivity contribution in [3.8, 4) is 11.5 Å². The number of hydrogen-bond donors (Lipinski definition) is 3. The highest BCUT2D eigenvalue weighted by Gasteiger charge is 2.27. The second-order valence-electron chi connectivity index (χ2n) is 16.6. The van der Waals surface area contributed by atoms with Gasteiger partial charge in [-0.3, -0.25) is 9.98 Å². The number of imidazole rings is 1. The summed E-state index contributed by atoms with van der Waals surface area (Å²) in [4.78, 5) is 10.1. The minimum absolute atomic E-state index is 0.0183. The molecule has 0 saturated heterocycles. The first-order chi connectivity index (χ1) is 21.9. The van der Waals surface area contributed by atoms with Crippen molar-refractivity contribution in [2.75, 3.05) is 6.54 Å². The average molecular weight is 643 g/mol. The predicted molar refractivity (Wildman–Crippen MR) is 195 cm³/mol. The summed E-state index contributed by atoms with van der Waals surface area (Å²) in [7, 11) is 2.04. The highest BCUT2D eigenvalue weighted by Crippen LogP contribution is 2.38. The molecule has 0 unspecified atom stereocenters. The van der Waals surface area contributed by atoms with Gasteiger partial charge in [-0.2, -0.15) is 0 Å². The lowest BCUT2D eigenvalue weighted by molar-refractivity contribution is -0.671. The molecule has 1 aromatic heterocycles. The predicted octanol–water partition coefficient (Wildman–Crippen LogP) is 7.65. The largest absolute Gasteiger partial charge is 0.507 e. The highest BCUT2D eigenvalue weighted by atomic mass is 16.3. The van der Waals surface area contributed by atoms with Crippen molar-refractivity contribution in [1.29, 1.82) is 0 Å². The maximum Gasteiger partial charge on any atom is 0.243 e. The zero-order chi connectivity index (χ0) is 34.6. The Bertz CT molecular complexity index is 1560. The second kappa shape index (κ2) is 14.8. The third-order valence-corrected chi connectivity index (χ3v) is 9.25. The van der Waals surface area contributed by atoms with Crippen LogP contribution in [-0.4, -0.2) is 45.8 Å². The number of nitrogens with zero attached hydrogens (tertiary/aromatic N) is 4. The Morgan fingerprint density at radius 2 is 1.36 bits per heavy atom. The number of hydrogen-bond acceptors (Lipinski definition) is 5. The lowest BCUT2D eigenvalue weighted by Gasteiger charge is -2.28. The Balaban J connectivity index is 1.54. The fourth-order valence-electron chi connectivity index (χ4n) is 6.30. The van der Waals surface area contributed by atoms with Crippen molar-refractivity contribution in [1.82, 2.24) is 9.88 Å². The summed E-state index contributed by atoms with van der Waals surface area (Å²) in [5, 5.41) is 26.3. The van der Waals surface area contributed by atoms with E-state index in [0.717, 1.165) is 79.6 Å². The van der Waals surface area contributed by atoms with Gasteiger partial charge in [0.2, 0.25) is 6.33 Å². The molecule has 256 valence electrons. The molecule has 2 atom stereocenters. The van der Waals surface area contributed by atoms with E-state index in [-0.39, 0.29) is 28.3 Å². The summed E-state index contributed by atoms with van der Waals surface area (Å²) in [5.74, 6) is 0.619. The fourth-order valence-corrected chi connectivity index (χ4v) is 6.30. The van der Waals surface area contributed by atoms with Crippen molar-refractivity contribution >= 4 is 12.4 Å². The van der Waals surface area contributed by atoms with Gasteiger partial charge in [-0.1, -0.05) is 87.3 Å². The van der Waals surface area contributed by atoms with E-state index >= 15 is 0 Å². The van der Waals surface area contributed by atoms with Crippen molar-refractivity contribution in [3.05, 3.63) is 76.4 Å². The van der Waals surface area contributed by atoms with Crippen LogP contribution in [0.3, 0.4) is 0 Å². The van der Waals surface area contributed by atoms with Gasteiger partial charge in [0.15, 0.2) is 0 Å². The van der Waals surface area contributed by atoms with E-state index in [1.165, 1.54) is 5.56 Å². The molecule has 1 saturated carbocycles. The molecule has 1 aliphatic carbocycles. The highest BCUT2D eigenvalue weighted by molar-refractivity contribution is 5.86. The molecule has 0 bridgehead atoms. The summed E-state index contributed by atoms with van der Waals surface area (Å²) in [6.45, 7) is 22.0. The molecule has 3 N–H and O–H groups in total. The summed E-state index contributed by atoms with van der Waals surface area (Å²) < 4.78 is 4.26. The molecule has 0 spiro atoms. The van der Waals surface area contributed by atoms with E-state index in [2.05, 4.69) is 120 Å². The van der Waals surface area contributed by atoms with Gasteiger partial charge in [0.1, 0.15) is 23.9 Å². The van der Waals surface area contributed by atoms with Crippen LogP contribution in [0.2, 0.25) is 0 Å². The van der Waals surface area contributed by atoms with Crippen LogP contribution < -0.4 is 9.88 Å². The van der Waals surface area contributed by atoms with Gasteiger partial charge in [-0.25, -0.2) is 9.13 Å². The zero-order valence-corrected chi connectivity index (χ0v) is 30.7. The van der Waals surface area contributed by atoms with Crippen molar-refractivity contribution in [2.45, 2.75) is 136 Å². The van der Waals surface area contributed by atoms with Crippen LogP contribution in [0.4, 0.5) is 0 Å². The zero-order valence-electron chi connectivity index (χ0n) is 30.7. The van der Waals surface area contributed by atoms with Crippen molar-refractivity contribution in [2.24, 2.45) is 17.0 Å². The molecule has 1 fully saturated rings. The van der Waals surface area contributed by atoms with Gasteiger partial charge in [0.05, 0.1) is 25.7 Å². The van der Waals surface area contributed by atoms with E-state index in [0.29, 0.717) is 11.5 Å².